The van der Waals surface area contributed by atoms with Gasteiger partial charge in [-0.1, -0.05) is 6.07 Å². The molecule has 1 aromatic carbocycles. The highest BCUT2D eigenvalue weighted by atomic mass is 79.9. The number of aliphatic hydroxyl groups is 2. The minimum absolute atomic E-state index is 0.0320. The lowest BCUT2D eigenvalue weighted by atomic mass is 10.1. The summed E-state index contributed by atoms with van der Waals surface area (Å²) in [6.45, 7) is 5.26. The number of ether oxygens (including phenoxy) is 1. The summed E-state index contributed by atoms with van der Waals surface area (Å²) in [4.78, 5) is 2.20. The largest absolute Gasteiger partial charge is 0.394 e. The summed E-state index contributed by atoms with van der Waals surface area (Å²) in [5.74, 6) is 0. The van der Waals surface area contributed by atoms with Crippen LogP contribution < -0.4 is 4.90 Å². The van der Waals surface area contributed by atoms with Crippen LogP contribution in [0.4, 0.5) is 5.69 Å². The molecule has 5 heteroatoms. The highest BCUT2D eigenvalue weighted by molar-refractivity contribution is 9.10. The summed E-state index contributed by atoms with van der Waals surface area (Å²) in [5, 5.41) is 18.8. The molecule has 1 aliphatic rings. The van der Waals surface area contributed by atoms with Gasteiger partial charge < -0.3 is 19.8 Å². The van der Waals surface area contributed by atoms with E-state index >= 15 is 0 Å². The molecule has 1 saturated heterocycles. The Hall–Kier alpha value is -0.620. The SMILES string of the molecule is CC1CN(c2ccc([C@@H](C)O)cc2Br)CC(CO)O1. The summed E-state index contributed by atoms with van der Waals surface area (Å²) in [6, 6.07) is 5.87. The number of hydrogen-bond acceptors (Lipinski definition) is 4. The molecule has 0 aliphatic carbocycles. The summed E-state index contributed by atoms with van der Waals surface area (Å²) in [7, 11) is 0. The van der Waals surface area contributed by atoms with Gasteiger partial charge in [-0.3, -0.25) is 0 Å². The molecular formula is C14H20BrNO3. The maximum Gasteiger partial charge on any atom is 0.0984 e. The Morgan fingerprint density at radius 2 is 2.21 bits per heavy atom. The molecule has 1 fully saturated rings. The lowest BCUT2D eigenvalue weighted by molar-refractivity contribution is -0.0421. The number of hydrogen-bond donors (Lipinski definition) is 2. The average Bonchev–Trinajstić information content (AvgIpc) is 2.37. The third-order valence-electron chi connectivity index (χ3n) is 3.32. The first-order valence-corrected chi connectivity index (χ1v) is 7.29. The topological polar surface area (TPSA) is 52.9 Å². The van der Waals surface area contributed by atoms with Crippen molar-refractivity contribution >= 4 is 21.6 Å². The van der Waals surface area contributed by atoms with Gasteiger partial charge in [-0.05, 0) is 47.5 Å². The highest BCUT2D eigenvalue weighted by Gasteiger charge is 2.26. The highest BCUT2D eigenvalue weighted by Crippen LogP contribution is 2.31. The van der Waals surface area contributed by atoms with Crippen molar-refractivity contribution < 1.29 is 14.9 Å². The van der Waals surface area contributed by atoms with Gasteiger partial charge in [-0.2, -0.15) is 0 Å². The molecule has 0 radical (unpaired) electrons. The number of aliphatic hydroxyl groups excluding tert-OH is 2. The third kappa shape index (κ3) is 3.48. The standard InChI is InChI=1S/C14H20BrNO3/c1-9-6-16(7-12(8-17)19-9)14-4-3-11(10(2)18)5-13(14)15/h3-5,9-10,12,17-18H,6-8H2,1-2H3/t9?,10-,12?/m1/s1. The van der Waals surface area contributed by atoms with Crippen LogP contribution in [0.5, 0.6) is 0 Å². The van der Waals surface area contributed by atoms with E-state index in [-0.39, 0.29) is 18.8 Å². The van der Waals surface area contributed by atoms with Crippen molar-refractivity contribution in [1.29, 1.82) is 0 Å². The van der Waals surface area contributed by atoms with Crippen molar-refractivity contribution in [2.24, 2.45) is 0 Å². The van der Waals surface area contributed by atoms with Gasteiger partial charge in [-0.15, -0.1) is 0 Å². The fourth-order valence-corrected chi connectivity index (χ4v) is 3.03. The van der Waals surface area contributed by atoms with Gasteiger partial charge in [0.25, 0.3) is 0 Å². The van der Waals surface area contributed by atoms with E-state index < -0.39 is 6.10 Å². The molecule has 0 aromatic heterocycles. The molecular weight excluding hydrogens is 310 g/mol. The Morgan fingerprint density at radius 1 is 1.47 bits per heavy atom. The van der Waals surface area contributed by atoms with Crippen molar-refractivity contribution in [3.63, 3.8) is 0 Å². The quantitative estimate of drug-likeness (QED) is 0.891. The van der Waals surface area contributed by atoms with Crippen LogP contribution in [0.15, 0.2) is 22.7 Å². The summed E-state index contributed by atoms with van der Waals surface area (Å²) < 4.78 is 6.60. The third-order valence-corrected chi connectivity index (χ3v) is 3.96. The Bertz CT molecular complexity index is 439. The van der Waals surface area contributed by atoms with E-state index in [1.165, 1.54) is 0 Å². The Morgan fingerprint density at radius 3 is 2.79 bits per heavy atom. The molecule has 3 atom stereocenters. The number of morpholine rings is 1. The zero-order valence-corrected chi connectivity index (χ0v) is 12.8. The van der Waals surface area contributed by atoms with E-state index in [9.17, 15) is 10.2 Å². The molecule has 0 spiro atoms. The van der Waals surface area contributed by atoms with Gasteiger partial charge in [-0.25, -0.2) is 0 Å². The van der Waals surface area contributed by atoms with Gasteiger partial charge in [0.2, 0.25) is 0 Å². The fraction of sp³-hybridized carbons (Fsp3) is 0.571. The summed E-state index contributed by atoms with van der Waals surface area (Å²) in [5.41, 5.74) is 1.95. The van der Waals surface area contributed by atoms with E-state index in [0.29, 0.717) is 6.54 Å². The van der Waals surface area contributed by atoms with E-state index in [4.69, 9.17) is 4.74 Å². The molecule has 2 N–H and O–H groups in total. The Labute approximate surface area is 122 Å². The molecule has 1 aromatic rings. The summed E-state index contributed by atoms with van der Waals surface area (Å²) >= 11 is 3.56. The number of rotatable bonds is 3. The molecule has 19 heavy (non-hydrogen) atoms. The van der Waals surface area contributed by atoms with E-state index in [1.807, 2.05) is 25.1 Å². The maximum absolute atomic E-state index is 9.58. The molecule has 4 nitrogen and oxygen atoms in total. The molecule has 2 rings (SSSR count). The first kappa shape index (κ1) is 14.8. The Kier molecular flexibility index (Phi) is 4.84. The molecule has 0 amide bonds. The van der Waals surface area contributed by atoms with Crippen LogP contribution in [0.1, 0.15) is 25.5 Å². The number of halogens is 1. The van der Waals surface area contributed by atoms with Gasteiger partial charge in [0, 0.05) is 17.6 Å². The van der Waals surface area contributed by atoms with Crippen molar-refractivity contribution in [3.05, 3.63) is 28.2 Å². The predicted octanol–water partition coefficient (Wildman–Crippen LogP) is 2.09. The van der Waals surface area contributed by atoms with Crippen LogP contribution in [0, 0.1) is 0 Å². The maximum atomic E-state index is 9.58. The lowest BCUT2D eigenvalue weighted by Gasteiger charge is -2.38. The van der Waals surface area contributed by atoms with Gasteiger partial charge in [0.1, 0.15) is 0 Å². The van der Waals surface area contributed by atoms with E-state index in [1.54, 1.807) is 6.92 Å². The van der Waals surface area contributed by atoms with Gasteiger partial charge in [0.15, 0.2) is 0 Å². The monoisotopic (exact) mass is 329 g/mol. The zero-order chi connectivity index (χ0) is 14.0. The van der Waals surface area contributed by atoms with Crippen LogP contribution in [0.25, 0.3) is 0 Å². The minimum atomic E-state index is -0.473. The molecule has 0 saturated carbocycles. The van der Waals surface area contributed by atoms with Crippen molar-refractivity contribution in [2.75, 3.05) is 24.6 Å². The second-order valence-electron chi connectivity index (χ2n) is 5.04. The van der Waals surface area contributed by atoms with Crippen LogP contribution in [-0.2, 0) is 4.74 Å². The first-order chi connectivity index (χ1) is 9.01. The second-order valence-corrected chi connectivity index (χ2v) is 5.90. The predicted molar refractivity (Wildman–Crippen MR) is 78.4 cm³/mol. The molecule has 2 unspecified atom stereocenters. The minimum Gasteiger partial charge on any atom is -0.394 e. The molecule has 106 valence electrons. The second kappa shape index (κ2) is 6.22. The molecule has 1 heterocycles. The smallest absolute Gasteiger partial charge is 0.0984 e. The van der Waals surface area contributed by atoms with Crippen LogP contribution in [-0.4, -0.2) is 42.1 Å². The number of nitrogens with zero attached hydrogens (tertiary/aromatic N) is 1. The lowest BCUT2D eigenvalue weighted by Crippen LogP contribution is -2.48. The number of anilines is 1. The Balaban J connectivity index is 2.21. The molecule has 1 aliphatic heterocycles. The van der Waals surface area contributed by atoms with Crippen LogP contribution in [0.3, 0.4) is 0 Å². The fourth-order valence-electron chi connectivity index (χ4n) is 2.38. The zero-order valence-electron chi connectivity index (χ0n) is 11.2. The normalized spacial score (nSPS) is 25.4. The van der Waals surface area contributed by atoms with E-state index in [0.717, 1.165) is 22.3 Å². The first-order valence-electron chi connectivity index (χ1n) is 6.50. The van der Waals surface area contributed by atoms with E-state index in [2.05, 4.69) is 20.8 Å². The van der Waals surface area contributed by atoms with Crippen molar-refractivity contribution in [1.82, 2.24) is 0 Å². The van der Waals surface area contributed by atoms with Crippen molar-refractivity contribution in [3.8, 4) is 0 Å². The summed E-state index contributed by atoms with van der Waals surface area (Å²) in [6.07, 6.45) is -0.527. The van der Waals surface area contributed by atoms with Crippen LogP contribution >= 0.6 is 15.9 Å². The van der Waals surface area contributed by atoms with Crippen LogP contribution in [0.2, 0.25) is 0 Å². The molecule has 0 bridgehead atoms. The van der Waals surface area contributed by atoms with Gasteiger partial charge in [0.05, 0.1) is 30.6 Å². The van der Waals surface area contributed by atoms with Gasteiger partial charge >= 0.3 is 0 Å². The van der Waals surface area contributed by atoms with Crippen molar-refractivity contribution in [2.45, 2.75) is 32.2 Å². The average molecular weight is 330 g/mol. The number of benzene rings is 1.